The van der Waals surface area contributed by atoms with Crippen LogP contribution in [0.25, 0.3) is 0 Å². The first-order valence-electron chi connectivity index (χ1n) is 9.34. The fourth-order valence-corrected chi connectivity index (χ4v) is 3.52. The molecule has 4 rings (SSSR count). The second kappa shape index (κ2) is 9.10. The zero-order valence-electron chi connectivity index (χ0n) is 16.6. The maximum atomic E-state index is 12.8. The van der Waals surface area contributed by atoms with Gasteiger partial charge in [-0.15, -0.1) is 12.4 Å². The van der Waals surface area contributed by atoms with Crippen molar-refractivity contribution in [2.24, 2.45) is 13.0 Å². The van der Waals surface area contributed by atoms with Crippen molar-refractivity contribution in [3.8, 4) is 0 Å². The number of halogens is 1. The molecule has 30 heavy (non-hydrogen) atoms. The number of benzene rings is 1. The second-order valence-electron chi connectivity index (χ2n) is 7.13. The Morgan fingerprint density at radius 2 is 1.83 bits per heavy atom. The first kappa shape index (κ1) is 21.5. The van der Waals surface area contributed by atoms with Gasteiger partial charge < -0.3 is 20.5 Å². The van der Waals surface area contributed by atoms with E-state index < -0.39 is 0 Å². The highest BCUT2D eigenvalue weighted by molar-refractivity contribution is 6.04. The molecule has 0 radical (unpaired) electrons. The molecule has 0 saturated carbocycles. The molecular weight excluding hydrogens is 408 g/mol. The molecular formula is C20H23ClN6O3. The molecule has 2 atom stereocenters. The molecule has 3 heterocycles. The minimum absolute atomic E-state index is 0. The fourth-order valence-electron chi connectivity index (χ4n) is 3.52. The molecule has 3 aromatic rings. The summed E-state index contributed by atoms with van der Waals surface area (Å²) in [6.45, 7) is 3.05. The zero-order chi connectivity index (χ0) is 20.4. The lowest BCUT2D eigenvalue weighted by Crippen LogP contribution is -2.28. The molecule has 2 amide bonds. The van der Waals surface area contributed by atoms with Crippen LogP contribution in [-0.2, 0) is 11.8 Å². The van der Waals surface area contributed by atoms with Crippen molar-refractivity contribution in [1.29, 1.82) is 0 Å². The molecule has 10 heteroatoms. The summed E-state index contributed by atoms with van der Waals surface area (Å²) in [4.78, 5) is 25.0. The van der Waals surface area contributed by atoms with E-state index >= 15 is 0 Å². The lowest BCUT2D eigenvalue weighted by Gasteiger charge is -2.17. The van der Waals surface area contributed by atoms with E-state index in [2.05, 4.69) is 26.2 Å². The Morgan fingerprint density at radius 3 is 2.43 bits per heavy atom. The van der Waals surface area contributed by atoms with Gasteiger partial charge in [0.25, 0.3) is 5.91 Å². The molecule has 1 aromatic carbocycles. The van der Waals surface area contributed by atoms with Crippen LogP contribution in [0.1, 0.15) is 27.6 Å². The van der Waals surface area contributed by atoms with Crippen LogP contribution < -0.4 is 16.0 Å². The Labute approximate surface area is 179 Å². The van der Waals surface area contributed by atoms with Gasteiger partial charge in [0.1, 0.15) is 11.3 Å². The number of amides is 2. The van der Waals surface area contributed by atoms with Gasteiger partial charge in [-0.25, -0.2) is 0 Å². The predicted molar refractivity (Wildman–Crippen MR) is 114 cm³/mol. The largest absolute Gasteiger partial charge is 0.361 e. The molecule has 0 spiro atoms. The second-order valence-corrected chi connectivity index (χ2v) is 7.13. The molecule has 2 aromatic heterocycles. The van der Waals surface area contributed by atoms with Gasteiger partial charge in [-0.3, -0.25) is 14.3 Å². The zero-order valence-corrected chi connectivity index (χ0v) is 17.4. The van der Waals surface area contributed by atoms with Gasteiger partial charge in [0, 0.05) is 43.6 Å². The van der Waals surface area contributed by atoms with E-state index in [0.717, 1.165) is 12.1 Å². The van der Waals surface area contributed by atoms with Crippen molar-refractivity contribution < 1.29 is 14.1 Å². The summed E-state index contributed by atoms with van der Waals surface area (Å²) in [6.07, 6.45) is 5.15. The number of carbonyl (C=O) groups is 2. The van der Waals surface area contributed by atoms with E-state index in [1.165, 1.54) is 6.20 Å². The summed E-state index contributed by atoms with van der Waals surface area (Å²) in [5.74, 6) is 0.0431. The SMILES string of the molecule is Cc1oncc1C(=O)Nc1ccc(NC(=O)[C@H]2CNC[C@@H]2c2cnn(C)c2)cc1.Cl. The van der Waals surface area contributed by atoms with Crippen molar-refractivity contribution in [2.45, 2.75) is 12.8 Å². The van der Waals surface area contributed by atoms with Gasteiger partial charge in [-0.2, -0.15) is 5.10 Å². The summed E-state index contributed by atoms with van der Waals surface area (Å²) in [7, 11) is 1.87. The first-order valence-corrected chi connectivity index (χ1v) is 9.34. The summed E-state index contributed by atoms with van der Waals surface area (Å²) < 4.78 is 6.65. The predicted octanol–water partition coefficient (Wildman–Crippen LogP) is 2.33. The van der Waals surface area contributed by atoms with Crippen LogP contribution in [0.2, 0.25) is 0 Å². The van der Waals surface area contributed by atoms with Crippen LogP contribution >= 0.6 is 12.4 Å². The van der Waals surface area contributed by atoms with Crippen molar-refractivity contribution in [2.75, 3.05) is 23.7 Å². The number of hydrogen-bond donors (Lipinski definition) is 3. The Morgan fingerprint density at radius 1 is 1.13 bits per heavy atom. The summed E-state index contributed by atoms with van der Waals surface area (Å²) in [6, 6.07) is 6.99. The minimum Gasteiger partial charge on any atom is -0.361 e. The standard InChI is InChI=1S/C20H22N6O3.ClH/c1-12-16(10-23-29-12)19(27)24-14-3-5-15(6-4-14)25-20(28)18-9-21-8-17(18)13-7-22-26(2)11-13;/h3-7,10-11,17-18,21H,8-9H2,1-2H3,(H,24,27)(H,25,28);1H/t17-,18+;/m1./s1. The normalized spacial score (nSPS) is 17.9. The number of nitrogens with one attached hydrogen (secondary N) is 3. The van der Waals surface area contributed by atoms with Crippen LogP contribution in [0.15, 0.2) is 47.4 Å². The van der Waals surface area contributed by atoms with Gasteiger partial charge in [-0.05, 0) is 36.8 Å². The van der Waals surface area contributed by atoms with Crippen molar-refractivity contribution in [1.82, 2.24) is 20.3 Å². The van der Waals surface area contributed by atoms with E-state index in [4.69, 9.17) is 4.52 Å². The lowest BCUT2D eigenvalue weighted by molar-refractivity contribution is -0.119. The van der Waals surface area contributed by atoms with Gasteiger partial charge in [0.15, 0.2) is 0 Å². The molecule has 3 N–H and O–H groups in total. The number of aryl methyl sites for hydroxylation is 2. The van der Waals surface area contributed by atoms with Crippen LogP contribution in [0.5, 0.6) is 0 Å². The summed E-state index contributed by atoms with van der Waals surface area (Å²) in [5, 5.41) is 16.8. The molecule has 0 aliphatic carbocycles. The highest BCUT2D eigenvalue weighted by Crippen LogP contribution is 2.29. The number of rotatable bonds is 5. The van der Waals surface area contributed by atoms with Crippen molar-refractivity contribution >= 4 is 35.6 Å². The third-order valence-corrected chi connectivity index (χ3v) is 5.11. The third kappa shape index (κ3) is 4.52. The van der Waals surface area contributed by atoms with Gasteiger partial charge >= 0.3 is 0 Å². The maximum Gasteiger partial charge on any atom is 0.260 e. The van der Waals surface area contributed by atoms with Crippen LogP contribution in [-0.4, -0.2) is 39.8 Å². The molecule has 1 saturated heterocycles. The quantitative estimate of drug-likeness (QED) is 0.572. The van der Waals surface area contributed by atoms with Crippen LogP contribution in [0.3, 0.4) is 0 Å². The molecule has 158 valence electrons. The fraction of sp³-hybridized carbons (Fsp3) is 0.300. The summed E-state index contributed by atoms with van der Waals surface area (Å²) >= 11 is 0. The number of carbonyl (C=O) groups excluding carboxylic acids is 2. The van der Waals surface area contributed by atoms with E-state index in [1.807, 2.05) is 19.4 Å². The smallest absolute Gasteiger partial charge is 0.260 e. The van der Waals surface area contributed by atoms with Gasteiger partial charge in [0.2, 0.25) is 5.91 Å². The Balaban J connectivity index is 0.00000256. The Bertz CT molecular complexity index is 1030. The number of aromatic nitrogens is 3. The topological polar surface area (TPSA) is 114 Å². The maximum absolute atomic E-state index is 12.8. The Hall–Kier alpha value is -3.17. The van der Waals surface area contributed by atoms with E-state index in [-0.39, 0.29) is 36.1 Å². The average molecular weight is 431 g/mol. The monoisotopic (exact) mass is 430 g/mol. The Kier molecular flexibility index (Phi) is 6.53. The van der Waals surface area contributed by atoms with Crippen LogP contribution in [0.4, 0.5) is 11.4 Å². The van der Waals surface area contributed by atoms with Gasteiger partial charge in [-0.1, -0.05) is 5.16 Å². The van der Waals surface area contributed by atoms with Gasteiger partial charge in [0.05, 0.1) is 18.3 Å². The van der Waals surface area contributed by atoms with Crippen LogP contribution in [0, 0.1) is 12.8 Å². The molecule has 1 aliphatic heterocycles. The van der Waals surface area contributed by atoms with Crippen molar-refractivity contribution in [3.63, 3.8) is 0 Å². The molecule has 1 fully saturated rings. The highest BCUT2D eigenvalue weighted by Gasteiger charge is 2.34. The number of nitrogens with zero attached hydrogens (tertiary/aromatic N) is 3. The number of anilines is 2. The van der Waals surface area contributed by atoms with E-state index in [0.29, 0.717) is 29.2 Å². The molecule has 9 nitrogen and oxygen atoms in total. The van der Waals surface area contributed by atoms with E-state index in [9.17, 15) is 9.59 Å². The lowest BCUT2D eigenvalue weighted by atomic mass is 9.90. The molecule has 0 bridgehead atoms. The summed E-state index contributed by atoms with van der Waals surface area (Å²) in [5.41, 5.74) is 2.73. The molecule has 0 unspecified atom stereocenters. The average Bonchev–Trinajstić information content (AvgIpc) is 3.43. The van der Waals surface area contributed by atoms with E-state index in [1.54, 1.807) is 35.9 Å². The molecule has 1 aliphatic rings. The highest BCUT2D eigenvalue weighted by atomic mass is 35.5. The first-order chi connectivity index (χ1) is 14.0. The third-order valence-electron chi connectivity index (χ3n) is 5.11. The van der Waals surface area contributed by atoms with Crippen molar-refractivity contribution in [3.05, 3.63) is 59.7 Å². The number of hydrogen-bond acceptors (Lipinski definition) is 6. The minimum atomic E-state index is -0.295.